The van der Waals surface area contributed by atoms with Crippen LogP contribution in [0, 0.1) is 12.7 Å². The van der Waals surface area contributed by atoms with Gasteiger partial charge in [0.15, 0.2) is 0 Å². The number of rotatable bonds is 9. The molecule has 0 heterocycles. The van der Waals surface area contributed by atoms with E-state index < -0.39 is 15.8 Å². The number of aryl methyl sites for hydroxylation is 1. The van der Waals surface area contributed by atoms with Crippen molar-refractivity contribution in [2.75, 3.05) is 32.5 Å². The second-order valence-electron chi connectivity index (χ2n) is 8.03. The predicted octanol–water partition coefficient (Wildman–Crippen LogP) is 3.98. The van der Waals surface area contributed by atoms with Gasteiger partial charge in [-0.1, -0.05) is 18.2 Å². The Bertz CT molecular complexity index is 1260. The number of carbonyl (C=O) groups is 1. The fourth-order valence-corrected chi connectivity index (χ4v) is 4.64. The first-order valence-corrected chi connectivity index (χ1v) is 12.1. The van der Waals surface area contributed by atoms with Crippen molar-refractivity contribution in [2.24, 2.45) is 0 Å². The minimum absolute atomic E-state index is 0.0423. The molecule has 3 aromatic carbocycles. The van der Waals surface area contributed by atoms with Crippen molar-refractivity contribution in [3.05, 3.63) is 89.2 Å². The number of nitrogens with zero attached hydrogens (tertiary/aromatic N) is 1. The Morgan fingerprint density at radius 2 is 1.74 bits per heavy atom. The van der Waals surface area contributed by atoms with E-state index >= 15 is 0 Å². The molecule has 7 nitrogen and oxygen atoms in total. The Kier molecular flexibility index (Phi) is 7.90. The van der Waals surface area contributed by atoms with Crippen LogP contribution in [-0.2, 0) is 10.0 Å². The van der Waals surface area contributed by atoms with E-state index in [2.05, 4.69) is 10.0 Å². The van der Waals surface area contributed by atoms with Crippen molar-refractivity contribution in [3.8, 4) is 5.75 Å². The summed E-state index contributed by atoms with van der Waals surface area (Å²) in [5, 5.41) is 2.92. The van der Waals surface area contributed by atoms with E-state index in [9.17, 15) is 17.6 Å². The summed E-state index contributed by atoms with van der Waals surface area (Å²) in [6.45, 7) is 1.85. The number of halogens is 1. The first-order valence-electron chi connectivity index (χ1n) is 10.6. The van der Waals surface area contributed by atoms with Crippen LogP contribution in [-0.4, -0.2) is 47.0 Å². The number of anilines is 1. The molecule has 0 saturated heterocycles. The Morgan fingerprint density at radius 3 is 2.35 bits per heavy atom. The lowest BCUT2D eigenvalue weighted by Crippen LogP contribution is -2.34. The van der Waals surface area contributed by atoms with E-state index in [4.69, 9.17) is 4.74 Å². The number of carbonyl (C=O) groups excluding carboxylic acids is 1. The van der Waals surface area contributed by atoms with Gasteiger partial charge in [-0.25, -0.2) is 12.8 Å². The molecule has 0 unspecified atom stereocenters. The molecule has 0 saturated carbocycles. The Labute approximate surface area is 199 Å². The van der Waals surface area contributed by atoms with Crippen molar-refractivity contribution in [1.29, 1.82) is 0 Å². The largest absolute Gasteiger partial charge is 0.496 e. The first kappa shape index (κ1) is 25.2. The maximum absolute atomic E-state index is 13.5. The molecule has 0 fully saturated rings. The summed E-state index contributed by atoms with van der Waals surface area (Å²) in [4.78, 5) is 14.7. The topological polar surface area (TPSA) is 87.7 Å². The first-order chi connectivity index (χ1) is 16.1. The summed E-state index contributed by atoms with van der Waals surface area (Å²) in [6.07, 6.45) is 0. The molecular formula is C25H28FN3O4S. The van der Waals surface area contributed by atoms with Gasteiger partial charge >= 0.3 is 0 Å². The third kappa shape index (κ3) is 5.92. The monoisotopic (exact) mass is 485 g/mol. The van der Waals surface area contributed by atoms with Crippen LogP contribution in [0.4, 0.5) is 10.1 Å². The molecule has 9 heteroatoms. The number of amides is 1. The molecule has 0 aromatic heterocycles. The molecule has 0 aliphatic carbocycles. The molecule has 0 aliphatic rings. The van der Waals surface area contributed by atoms with Gasteiger partial charge in [-0.05, 0) is 75.1 Å². The lowest BCUT2D eigenvalue weighted by atomic mass is 10.0. The summed E-state index contributed by atoms with van der Waals surface area (Å²) in [5.74, 6) is -0.0229. The average Bonchev–Trinajstić information content (AvgIpc) is 2.81. The summed E-state index contributed by atoms with van der Waals surface area (Å²) < 4.78 is 46.5. The number of methoxy groups -OCH3 is 1. The van der Waals surface area contributed by atoms with Gasteiger partial charge in [0.05, 0.1) is 18.0 Å². The van der Waals surface area contributed by atoms with Gasteiger partial charge in [0.2, 0.25) is 0 Å². The van der Waals surface area contributed by atoms with Gasteiger partial charge in [0.1, 0.15) is 11.6 Å². The standard InChI is InChI=1S/C25H28FN3O4S/c1-17-15-20(13-14-22(17)26)34(31,32)28-19-11-9-18(10-12-19)25(30)27-16-23(29(2)3)21-7-5-6-8-24(21)33-4/h5-15,23,28H,16H2,1-4H3,(H,27,30)/t23-/m0/s1. The van der Waals surface area contributed by atoms with Crippen LogP contribution in [0.25, 0.3) is 0 Å². The molecule has 3 aromatic rings. The zero-order valence-electron chi connectivity index (χ0n) is 19.5. The summed E-state index contributed by atoms with van der Waals surface area (Å²) in [6, 6.07) is 17.2. The smallest absolute Gasteiger partial charge is 0.261 e. The van der Waals surface area contributed by atoms with Crippen LogP contribution in [0.15, 0.2) is 71.6 Å². The number of hydrogen-bond acceptors (Lipinski definition) is 5. The Morgan fingerprint density at radius 1 is 1.06 bits per heavy atom. The normalized spacial score (nSPS) is 12.3. The van der Waals surface area contributed by atoms with E-state index in [1.165, 1.54) is 43.3 Å². The third-order valence-electron chi connectivity index (χ3n) is 5.42. The maximum Gasteiger partial charge on any atom is 0.261 e. The van der Waals surface area contributed by atoms with Crippen LogP contribution in [0.1, 0.15) is 27.5 Å². The van der Waals surface area contributed by atoms with E-state index in [1.807, 2.05) is 43.3 Å². The highest BCUT2D eigenvalue weighted by molar-refractivity contribution is 7.92. The average molecular weight is 486 g/mol. The van der Waals surface area contributed by atoms with Gasteiger partial charge in [-0.15, -0.1) is 0 Å². The maximum atomic E-state index is 13.5. The molecule has 0 spiro atoms. The van der Waals surface area contributed by atoms with Crippen LogP contribution >= 0.6 is 0 Å². The molecule has 0 radical (unpaired) electrons. The predicted molar refractivity (Wildman–Crippen MR) is 130 cm³/mol. The van der Waals surface area contributed by atoms with Crippen LogP contribution in [0.2, 0.25) is 0 Å². The highest BCUT2D eigenvalue weighted by atomic mass is 32.2. The molecule has 3 rings (SSSR count). The van der Waals surface area contributed by atoms with Crippen molar-refractivity contribution in [1.82, 2.24) is 10.2 Å². The fourth-order valence-electron chi connectivity index (χ4n) is 3.49. The van der Waals surface area contributed by atoms with E-state index in [1.54, 1.807) is 7.11 Å². The number of hydrogen-bond donors (Lipinski definition) is 2. The molecule has 1 amide bonds. The molecule has 180 valence electrons. The van der Waals surface area contributed by atoms with E-state index in [0.717, 1.165) is 17.4 Å². The highest BCUT2D eigenvalue weighted by Gasteiger charge is 2.20. The second-order valence-corrected chi connectivity index (χ2v) is 9.71. The molecule has 0 aliphatic heterocycles. The minimum Gasteiger partial charge on any atom is -0.496 e. The van der Waals surface area contributed by atoms with Gasteiger partial charge in [0.25, 0.3) is 15.9 Å². The third-order valence-corrected chi connectivity index (χ3v) is 6.80. The Hall–Kier alpha value is -3.43. The number of likely N-dealkylation sites (N-methyl/N-ethyl adjacent to an activating group) is 1. The quantitative estimate of drug-likeness (QED) is 0.479. The van der Waals surface area contributed by atoms with Crippen molar-refractivity contribution in [2.45, 2.75) is 17.9 Å². The molecule has 2 N–H and O–H groups in total. The summed E-state index contributed by atoms with van der Waals surface area (Å²) >= 11 is 0. The van der Waals surface area contributed by atoms with Gasteiger partial charge < -0.3 is 15.0 Å². The number of nitrogens with one attached hydrogen (secondary N) is 2. The number of para-hydroxylation sites is 1. The van der Waals surface area contributed by atoms with E-state index in [-0.39, 0.29) is 22.4 Å². The minimum atomic E-state index is -3.89. The number of benzene rings is 3. The molecule has 1 atom stereocenters. The zero-order chi connectivity index (χ0) is 24.9. The van der Waals surface area contributed by atoms with Crippen molar-refractivity contribution < 1.29 is 22.3 Å². The van der Waals surface area contributed by atoms with Gasteiger partial charge in [0, 0.05) is 23.4 Å². The lowest BCUT2D eigenvalue weighted by Gasteiger charge is -2.26. The number of ether oxygens (including phenoxy) is 1. The fraction of sp³-hybridized carbons (Fsp3) is 0.240. The van der Waals surface area contributed by atoms with Crippen molar-refractivity contribution in [3.63, 3.8) is 0 Å². The number of sulfonamides is 1. The summed E-state index contributed by atoms with van der Waals surface area (Å²) in [5.41, 5.74) is 1.87. The Balaban J connectivity index is 1.68. The van der Waals surface area contributed by atoms with Gasteiger partial charge in [-0.2, -0.15) is 0 Å². The van der Waals surface area contributed by atoms with Crippen LogP contribution < -0.4 is 14.8 Å². The molecule has 34 heavy (non-hydrogen) atoms. The van der Waals surface area contributed by atoms with E-state index in [0.29, 0.717) is 17.8 Å². The lowest BCUT2D eigenvalue weighted by molar-refractivity contribution is 0.0941. The SMILES string of the molecule is COc1ccccc1[C@H](CNC(=O)c1ccc(NS(=O)(=O)c2ccc(F)c(C)c2)cc1)N(C)C. The highest BCUT2D eigenvalue weighted by Crippen LogP contribution is 2.27. The van der Waals surface area contributed by atoms with Crippen LogP contribution in [0.3, 0.4) is 0 Å². The van der Waals surface area contributed by atoms with Crippen LogP contribution in [0.5, 0.6) is 5.75 Å². The van der Waals surface area contributed by atoms with Crippen molar-refractivity contribution >= 4 is 21.6 Å². The second kappa shape index (κ2) is 10.7. The summed E-state index contributed by atoms with van der Waals surface area (Å²) in [7, 11) is 1.57. The zero-order valence-corrected chi connectivity index (χ0v) is 20.3. The molecular weight excluding hydrogens is 457 g/mol. The van der Waals surface area contributed by atoms with Gasteiger partial charge in [-0.3, -0.25) is 9.52 Å². The molecule has 0 bridgehead atoms.